The summed E-state index contributed by atoms with van der Waals surface area (Å²) in [5, 5.41) is 3.30. The van der Waals surface area contributed by atoms with Crippen LogP contribution in [0.3, 0.4) is 0 Å². The van der Waals surface area contributed by atoms with E-state index in [4.69, 9.17) is 0 Å². The van der Waals surface area contributed by atoms with Crippen molar-refractivity contribution < 1.29 is 4.79 Å². The van der Waals surface area contributed by atoms with Gasteiger partial charge < -0.3 is 10.2 Å². The van der Waals surface area contributed by atoms with Crippen LogP contribution in [0.5, 0.6) is 0 Å². The van der Waals surface area contributed by atoms with Gasteiger partial charge in [-0.3, -0.25) is 4.79 Å². The minimum atomic E-state index is 0.0440. The Morgan fingerprint density at radius 2 is 1.57 bits per heavy atom. The third-order valence-electron chi connectivity index (χ3n) is 6.66. The molecule has 5 fully saturated rings. The molecular weight excluding hydrogens is 260 g/mol. The van der Waals surface area contributed by atoms with Crippen LogP contribution in [0.2, 0.25) is 0 Å². The van der Waals surface area contributed by atoms with Gasteiger partial charge in [-0.15, -0.1) is 0 Å². The number of hydrogen-bond donors (Lipinski definition) is 1. The van der Waals surface area contributed by atoms with Crippen LogP contribution in [-0.4, -0.2) is 37.0 Å². The molecule has 4 saturated carbocycles. The molecule has 21 heavy (non-hydrogen) atoms. The maximum atomic E-state index is 12.8. The van der Waals surface area contributed by atoms with E-state index in [1.165, 1.54) is 71.0 Å². The van der Waals surface area contributed by atoms with Gasteiger partial charge in [0.1, 0.15) is 0 Å². The number of nitrogens with one attached hydrogen (secondary N) is 1. The van der Waals surface area contributed by atoms with Gasteiger partial charge in [0.15, 0.2) is 0 Å². The number of hydrogen-bond acceptors (Lipinski definition) is 2. The summed E-state index contributed by atoms with van der Waals surface area (Å²) in [6, 6.07) is 0. The normalized spacial score (nSPS) is 41.6. The second-order valence-electron chi connectivity index (χ2n) is 8.36. The minimum Gasteiger partial charge on any atom is -0.356 e. The lowest BCUT2D eigenvalue weighted by molar-refractivity contribution is -0.146. The standard InChI is InChI=1S/C18H30N2O/c21-17(19-4-3-7-20-5-1-2-6-20)18-11-14-8-15(12-18)10-16(9-14)13-18/h14-16H,1-13H2,(H,19,21). The maximum Gasteiger partial charge on any atom is 0.226 e. The summed E-state index contributed by atoms with van der Waals surface area (Å²) in [5.74, 6) is 3.01. The molecule has 5 aliphatic rings. The quantitative estimate of drug-likeness (QED) is 0.790. The number of likely N-dealkylation sites (tertiary alicyclic amines) is 1. The molecular formula is C18H30N2O. The average Bonchev–Trinajstić information content (AvgIpc) is 2.95. The van der Waals surface area contributed by atoms with E-state index in [9.17, 15) is 4.79 Å². The average molecular weight is 290 g/mol. The van der Waals surface area contributed by atoms with E-state index in [1.54, 1.807) is 0 Å². The maximum absolute atomic E-state index is 12.8. The topological polar surface area (TPSA) is 32.3 Å². The highest BCUT2D eigenvalue weighted by molar-refractivity contribution is 5.83. The molecule has 3 heteroatoms. The Morgan fingerprint density at radius 1 is 1.00 bits per heavy atom. The zero-order valence-electron chi connectivity index (χ0n) is 13.3. The van der Waals surface area contributed by atoms with E-state index in [0.717, 1.165) is 30.7 Å². The van der Waals surface area contributed by atoms with Gasteiger partial charge in [0.05, 0.1) is 0 Å². The summed E-state index contributed by atoms with van der Waals surface area (Å²) in [7, 11) is 0. The van der Waals surface area contributed by atoms with E-state index < -0.39 is 0 Å². The first-order valence-corrected chi connectivity index (χ1v) is 9.24. The lowest BCUT2D eigenvalue weighted by Crippen LogP contribution is -2.53. The molecule has 1 saturated heterocycles. The Kier molecular flexibility index (Phi) is 3.72. The van der Waals surface area contributed by atoms with Crippen LogP contribution in [0.25, 0.3) is 0 Å². The second-order valence-corrected chi connectivity index (χ2v) is 8.36. The van der Waals surface area contributed by atoms with Crippen molar-refractivity contribution >= 4 is 5.91 Å². The first-order chi connectivity index (χ1) is 10.2. The van der Waals surface area contributed by atoms with Crippen LogP contribution in [-0.2, 0) is 4.79 Å². The molecule has 0 unspecified atom stereocenters. The van der Waals surface area contributed by atoms with Crippen molar-refractivity contribution in [1.82, 2.24) is 10.2 Å². The van der Waals surface area contributed by atoms with Gasteiger partial charge in [-0.25, -0.2) is 0 Å². The first kappa shape index (κ1) is 14.0. The molecule has 4 aliphatic carbocycles. The first-order valence-electron chi connectivity index (χ1n) is 9.24. The molecule has 1 amide bonds. The van der Waals surface area contributed by atoms with Gasteiger partial charge in [0.25, 0.3) is 0 Å². The number of nitrogens with zero attached hydrogens (tertiary/aromatic N) is 1. The van der Waals surface area contributed by atoms with Crippen LogP contribution in [0, 0.1) is 23.2 Å². The SMILES string of the molecule is O=C(NCCCN1CCCC1)C12CC3CC(CC(C3)C1)C2. The van der Waals surface area contributed by atoms with Crippen molar-refractivity contribution in [3.63, 3.8) is 0 Å². The van der Waals surface area contributed by atoms with Crippen molar-refractivity contribution in [3.05, 3.63) is 0 Å². The highest BCUT2D eigenvalue weighted by atomic mass is 16.2. The van der Waals surface area contributed by atoms with E-state index in [-0.39, 0.29) is 5.41 Å². The summed E-state index contributed by atoms with van der Waals surface area (Å²) in [4.78, 5) is 15.3. The molecule has 0 aromatic rings. The van der Waals surface area contributed by atoms with Gasteiger partial charge in [0, 0.05) is 12.0 Å². The zero-order valence-corrected chi connectivity index (χ0v) is 13.3. The second kappa shape index (κ2) is 5.57. The lowest BCUT2D eigenvalue weighted by Gasteiger charge is -2.55. The molecule has 1 heterocycles. The van der Waals surface area contributed by atoms with Crippen molar-refractivity contribution in [1.29, 1.82) is 0 Å². The summed E-state index contributed by atoms with van der Waals surface area (Å²) in [6.07, 6.45) is 11.7. The predicted octanol–water partition coefficient (Wildman–Crippen LogP) is 2.80. The summed E-state index contributed by atoms with van der Waals surface area (Å²) < 4.78 is 0. The summed E-state index contributed by atoms with van der Waals surface area (Å²) in [6.45, 7) is 4.59. The zero-order chi connectivity index (χ0) is 14.3. The van der Waals surface area contributed by atoms with E-state index >= 15 is 0 Å². The molecule has 1 N–H and O–H groups in total. The third kappa shape index (κ3) is 2.74. The minimum absolute atomic E-state index is 0.0440. The molecule has 0 aromatic carbocycles. The number of amides is 1. The van der Waals surface area contributed by atoms with Crippen LogP contribution in [0.15, 0.2) is 0 Å². The summed E-state index contributed by atoms with van der Waals surface area (Å²) in [5.41, 5.74) is 0.0440. The van der Waals surface area contributed by atoms with Crippen molar-refractivity contribution in [2.24, 2.45) is 23.2 Å². The van der Waals surface area contributed by atoms with Crippen molar-refractivity contribution in [3.8, 4) is 0 Å². The Bertz CT molecular complexity index is 365. The van der Waals surface area contributed by atoms with Crippen LogP contribution < -0.4 is 5.32 Å². The molecule has 118 valence electrons. The van der Waals surface area contributed by atoms with E-state index in [0.29, 0.717) is 5.91 Å². The van der Waals surface area contributed by atoms with Gasteiger partial charge in [-0.05, 0) is 95.2 Å². The molecule has 5 rings (SSSR count). The Labute approximate surface area is 128 Å². The highest BCUT2D eigenvalue weighted by Crippen LogP contribution is 2.60. The summed E-state index contributed by atoms with van der Waals surface area (Å²) >= 11 is 0. The predicted molar refractivity (Wildman–Crippen MR) is 83.9 cm³/mol. The third-order valence-corrected chi connectivity index (χ3v) is 6.66. The fraction of sp³-hybridized carbons (Fsp3) is 0.944. The Balaban J connectivity index is 1.27. The molecule has 4 bridgehead atoms. The van der Waals surface area contributed by atoms with Crippen LogP contribution in [0.4, 0.5) is 0 Å². The molecule has 0 atom stereocenters. The van der Waals surface area contributed by atoms with Gasteiger partial charge in [0.2, 0.25) is 5.91 Å². The van der Waals surface area contributed by atoms with Gasteiger partial charge in [-0.2, -0.15) is 0 Å². The molecule has 0 aromatic heterocycles. The van der Waals surface area contributed by atoms with Crippen molar-refractivity contribution in [2.75, 3.05) is 26.2 Å². The largest absolute Gasteiger partial charge is 0.356 e. The molecule has 0 radical (unpaired) electrons. The highest BCUT2D eigenvalue weighted by Gasteiger charge is 2.54. The number of carbonyl (C=O) groups is 1. The monoisotopic (exact) mass is 290 g/mol. The van der Waals surface area contributed by atoms with Gasteiger partial charge in [-0.1, -0.05) is 0 Å². The molecule has 3 nitrogen and oxygen atoms in total. The van der Waals surface area contributed by atoms with Gasteiger partial charge >= 0.3 is 0 Å². The Hall–Kier alpha value is -0.570. The van der Waals surface area contributed by atoms with Crippen LogP contribution in [0.1, 0.15) is 57.8 Å². The molecule has 0 spiro atoms. The fourth-order valence-electron chi connectivity index (χ4n) is 6.09. The number of rotatable bonds is 5. The lowest BCUT2D eigenvalue weighted by atomic mass is 9.49. The Morgan fingerprint density at radius 3 is 2.14 bits per heavy atom. The fourth-order valence-corrected chi connectivity index (χ4v) is 6.09. The van der Waals surface area contributed by atoms with Crippen LogP contribution >= 0.6 is 0 Å². The van der Waals surface area contributed by atoms with E-state index in [2.05, 4.69) is 10.2 Å². The molecule has 1 aliphatic heterocycles. The number of carbonyl (C=O) groups excluding carboxylic acids is 1. The smallest absolute Gasteiger partial charge is 0.226 e. The van der Waals surface area contributed by atoms with E-state index in [1.807, 2.05) is 0 Å². The van der Waals surface area contributed by atoms with Crippen molar-refractivity contribution in [2.45, 2.75) is 57.8 Å².